The van der Waals surface area contributed by atoms with Crippen molar-refractivity contribution in [2.45, 2.75) is 18.4 Å². The van der Waals surface area contributed by atoms with Crippen molar-refractivity contribution in [1.29, 1.82) is 0 Å². The van der Waals surface area contributed by atoms with Gasteiger partial charge in [0.25, 0.3) is 10.0 Å². The second-order valence-corrected chi connectivity index (χ2v) is 7.43. The molecule has 8 nitrogen and oxygen atoms in total. The van der Waals surface area contributed by atoms with Crippen molar-refractivity contribution in [2.75, 3.05) is 17.1 Å². The Hall–Kier alpha value is -3.20. The molecule has 0 radical (unpaired) electrons. The molecule has 0 aliphatic heterocycles. The lowest BCUT2D eigenvalue weighted by molar-refractivity contribution is 0.411. The molecule has 0 amide bonds. The van der Waals surface area contributed by atoms with Crippen LogP contribution < -0.4 is 14.8 Å². The third-order valence-corrected chi connectivity index (χ3v) is 5.16. The molecule has 2 N–H and O–H groups in total. The van der Waals surface area contributed by atoms with Gasteiger partial charge in [-0.15, -0.1) is 10.2 Å². The second kappa shape index (κ2) is 8.00. The van der Waals surface area contributed by atoms with E-state index in [0.717, 1.165) is 11.1 Å². The number of benzene rings is 1. The van der Waals surface area contributed by atoms with Gasteiger partial charge in [-0.2, -0.15) is 0 Å². The number of ether oxygens (including phenoxy) is 1. The summed E-state index contributed by atoms with van der Waals surface area (Å²) in [5, 5.41) is 11.0. The summed E-state index contributed by atoms with van der Waals surface area (Å²) in [5.41, 5.74) is 1.77. The van der Waals surface area contributed by atoms with E-state index in [-0.39, 0.29) is 10.7 Å². The smallest absolute Gasteiger partial charge is 0.263 e. The number of hydrogen-bond acceptors (Lipinski definition) is 7. The molecular formula is C18H19N5O3S. The molecule has 0 spiro atoms. The number of nitrogens with one attached hydrogen (secondary N) is 2. The lowest BCUT2D eigenvalue weighted by atomic mass is 10.2. The third kappa shape index (κ3) is 4.70. The van der Waals surface area contributed by atoms with Crippen LogP contribution in [0.15, 0.2) is 59.8 Å². The van der Waals surface area contributed by atoms with Crippen LogP contribution in [0.4, 0.5) is 11.6 Å². The summed E-state index contributed by atoms with van der Waals surface area (Å²) in [5.74, 6) is 1.30. The van der Waals surface area contributed by atoms with E-state index in [1.807, 2.05) is 12.1 Å². The Labute approximate surface area is 157 Å². The fourth-order valence-electron chi connectivity index (χ4n) is 2.39. The van der Waals surface area contributed by atoms with Crippen molar-refractivity contribution in [3.63, 3.8) is 0 Å². The topological polar surface area (TPSA) is 106 Å². The molecule has 3 rings (SSSR count). The van der Waals surface area contributed by atoms with Gasteiger partial charge < -0.3 is 10.1 Å². The lowest BCUT2D eigenvalue weighted by Crippen LogP contribution is -2.15. The predicted octanol–water partition coefficient (Wildman–Crippen LogP) is 2.60. The number of pyridine rings is 1. The van der Waals surface area contributed by atoms with Gasteiger partial charge >= 0.3 is 0 Å². The van der Waals surface area contributed by atoms with Crippen LogP contribution >= 0.6 is 0 Å². The fraction of sp³-hybridized carbons (Fsp3) is 0.167. The minimum absolute atomic E-state index is 0.127. The van der Waals surface area contributed by atoms with E-state index in [2.05, 4.69) is 25.2 Å². The largest absolute Gasteiger partial charge is 0.496 e. The molecule has 1 aromatic carbocycles. The number of methoxy groups -OCH3 is 1. The van der Waals surface area contributed by atoms with Crippen LogP contribution in [0.3, 0.4) is 0 Å². The van der Waals surface area contributed by atoms with Gasteiger partial charge in [0.15, 0.2) is 5.82 Å². The van der Waals surface area contributed by atoms with Crippen molar-refractivity contribution in [3.8, 4) is 5.75 Å². The van der Waals surface area contributed by atoms with E-state index in [0.29, 0.717) is 18.1 Å². The van der Waals surface area contributed by atoms with Crippen molar-refractivity contribution in [2.24, 2.45) is 0 Å². The minimum Gasteiger partial charge on any atom is -0.496 e. The van der Waals surface area contributed by atoms with Gasteiger partial charge in [-0.3, -0.25) is 9.71 Å². The Bertz CT molecular complexity index is 1010. The fourth-order valence-corrected chi connectivity index (χ4v) is 3.47. The first-order valence-corrected chi connectivity index (χ1v) is 9.60. The summed E-state index contributed by atoms with van der Waals surface area (Å²) >= 11 is 0. The molecule has 2 aromatic heterocycles. The van der Waals surface area contributed by atoms with Crippen molar-refractivity contribution in [3.05, 3.63) is 66.0 Å². The Morgan fingerprint density at radius 3 is 2.33 bits per heavy atom. The predicted molar refractivity (Wildman–Crippen MR) is 102 cm³/mol. The van der Waals surface area contributed by atoms with Gasteiger partial charge in [0.2, 0.25) is 0 Å². The molecule has 0 fully saturated rings. The number of anilines is 2. The lowest BCUT2D eigenvalue weighted by Gasteiger charge is -2.10. The summed E-state index contributed by atoms with van der Waals surface area (Å²) in [7, 11) is -2.23. The summed E-state index contributed by atoms with van der Waals surface area (Å²) < 4.78 is 32.6. The SMILES string of the molecule is COc1ccc(S(=O)(=O)Nc2ccc(NCc3ccncc3)nn2)cc1C. The minimum atomic E-state index is -3.76. The van der Waals surface area contributed by atoms with Gasteiger partial charge in [-0.05, 0) is 60.5 Å². The molecule has 3 aromatic rings. The molecule has 9 heteroatoms. The summed E-state index contributed by atoms with van der Waals surface area (Å²) in [6.07, 6.45) is 3.42. The van der Waals surface area contributed by atoms with E-state index in [9.17, 15) is 8.42 Å². The maximum absolute atomic E-state index is 12.5. The molecule has 2 heterocycles. The highest BCUT2D eigenvalue weighted by Crippen LogP contribution is 2.22. The van der Waals surface area contributed by atoms with E-state index in [1.54, 1.807) is 43.6 Å². The average molecular weight is 385 g/mol. The van der Waals surface area contributed by atoms with Crippen LogP contribution in [0.5, 0.6) is 5.75 Å². The van der Waals surface area contributed by atoms with Gasteiger partial charge in [0.05, 0.1) is 12.0 Å². The van der Waals surface area contributed by atoms with Crippen LogP contribution in [0.2, 0.25) is 0 Å². The van der Waals surface area contributed by atoms with Crippen LogP contribution in [0.1, 0.15) is 11.1 Å². The number of sulfonamides is 1. The Morgan fingerprint density at radius 1 is 1.00 bits per heavy atom. The number of nitrogens with zero attached hydrogens (tertiary/aromatic N) is 3. The molecule has 27 heavy (non-hydrogen) atoms. The maximum atomic E-state index is 12.5. The molecule has 0 bridgehead atoms. The zero-order valence-corrected chi connectivity index (χ0v) is 15.7. The van der Waals surface area contributed by atoms with Crippen LogP contribution in [-0.2, 0) is 16.6 Å². The standard InChI is InChI=1S/C18H19N5O3S/c1-13-11-15(3-4-16(13)26-2)27(24,25)23-18-6-5-17(21-22-18)20-12-14-7-9-19-10-8-14/h3-11H,12H2,1-2H3,(H,20,21)(H,22,23). The molecule has 0 atom stereocenters. The molecule has 0 aliphatic carbocycles. The first-order valence-electron chi connectivity index (χ1n) is 8.12. The number of aryl methyl sites for hydroxylation is 1. The summed E-state index contributed by atoms with van der Waals surface area (Å²) in [4.78, 5) is 4.09. The van der Waals surface area contributed by atoms with Crippen LogP contribution in [-0.4, -0.2) is 30.7 Å². The Balaban J connectivity index is 1.67. The van der Waals surface area contributed by atoms with E-state index < -0.39 is 10.0 Å². The average Bonchev–Trinajstić information content (AvgIpc) is 2.68. The van der Waals surface area contributed by atoms with Gasteiger partial charge in [-0.25, -0.2) is 8.42 Å². The highest BCUT2D eigenvalue weighted by atomic mass is 32.2. The first kappa shape index (κ1) is 18.6. The van der Waals surface area contributed by atoms with Crippen LogP contribution in [0, 0.1) is 6.92 Å². The number of rotatable bonds is 7. The molecule has 0 saturated carbocycles. The van der Waals surface area contributed by atoms with Gasteiger partial charge in [0, 0.05) is 18.9 Å². The highest BCUT2D eigenvalue weighted by molar-refractivity contribution is 7.92. The number of aromatic nitrogens is 3. The first-order chi connectivity index (χ1) is 13.0. The summed E-state index contributed by atoms with van der Waals surface area (Å²) in [6, 6.07) is 11.6. The molecular weight excluding hydrogens is 366 g/mol. The molecule has 0 saturated heterocycles. The van der Waals surface area contributed by atoms with Crippen molar-refractivity contribution in [1.82, 2.24) is 15.2 Å². The van der Waals surface area contributed by atoms with Crippen molar-refractivity contribution >= 4 is 21.7 Å². The molecule has 0 aliphatic rings. The Morgan fingerprint density at radius 2 is 1.70 bits per heavy atom. The zero-order valence-electron chi connectivity index (χ0n) is 14.9. The normalized spacial score (nSPS) is 11.0. The quantitative estimate of drug-likeness (QED) is 0.644. The Kier molecular flexibility index (Phi) is 5.51. The van der Waals surface area contributed by atoms with Crippen LogP contribution in [0.25, 0.3) is 0 Å². The highest BCUT2D eigenvalue weighted by Gasteiger charge is 2.16. The van der Waals surface area contributed by atoms with Gasteiger partial charge in [-0.1, -0.05) is 0 Å². The maximum Gasteiger partial charge on any atom is 0.263 e. The van der Waals surface area contributed by atoms with E-state index in [4.69, 9.17) is 4.74 Å². The monoisotopic (exact) mass is 385 g/mol. The van der Waals surface area contributed by atoms with E-state index in [1.165, 1.54) is 13.2 Å². The van der Waals surface area contributed by atoms with E-state index >= 15 is 0 Å². The second-order valence-electron chi connectivity index (χ2n) is 5.75. The number of hydrogen-bond donors (Lipinski definition) is 2. The molecule has 140 valence electrons. The summed E-state index contributed by atoms with van der Waals surface area (Å²) in [6.45, 7) is 2.34. The molecule has 0 unspecified atom stereocenters. The van der Waals surface area contributed by atoms with Gasteiger partial charge in [0.1, 0.15) is 11.6 Å². The third-order valence-electron chi connectivity index (χ3n) is 3.80. The zero-order chi connectivity index (χ0) is 19.3. The van der Waals surface area contributed by atoms with Crippen molar-refractivity contribution < 1.29 is 13.2 Å².